The lowest BCUT2D eigenvalue weighted by Gasteiger charge is -2.15. The first kappa shape index (κ1) is 24.6. The Balaban J connectivity index is 1.48. The molecule has 3 rings (SSSR count). The molecule has 0 unspecified atom stereocenters. The Hall–Kier alpha value is -3.07. The van der Waals surface area contributed by atoms with E-state index in [2.05, 4.69) is 45.0 Å². The van der Waals surface area contributed by atoms with Gasteiger partial charge in [-0.05, 0) is 79.6 Å². The fourth-order valence-corrected chi connectivity index (χ4v) is 3.93. The number of ether oxygens (including phenoxy) is 2. The molecule has 3 nitrogen and oxygen atoms in total. The van der Waals surface area contributed by atoms with E-state index >= 15 is 0 Å². The number of rotatable bonds is 12. The van der Waals surface area contributed by atoms with Gasteiger partial charge in [0.1, 0.15) is 11.5 Å². The van der Waals surface area contributed by atoms with E-state index in [-0.39, 0.29) is 12.1 Å². The number of carbonyl (C=O) groups excluding carboxylic acids is 1. The zero-order chi connectivity index (χ0) is 23.5. The molecule has 0 radical (unpaired) electrons. The van der Waals surface area contributed by atoms with Crippen LogP contribution < -0.4 is 9.47 Å². The van der Waals surface area contributed by atoms with Crippen LogP contribution in [-0.2, 0) is 6.42 Å². The van der Waals surface area contributed by atoms with Crippen LogP contribution >= 0.6 is 0 Å². The molecular formula is C30H36O3. The molecule has 0 N–H and O–H groups in total. The van der Waals surface area contributed by atoms with Crippen molar-refractivity contribution in [2.24, 2.45) is 0 Å². The van der Waals surface area contributed by atoms with Gasteiger partial charge in [-0.3, -0.25) is 0 Å². The summed E-state index contributed by atoms with van der Waals surface area (Å²) in [7, 11) is 0. The molecule has 0 aromatic heterocycles. The van der Waals surface area contributed by atoms with Crippen molar-refractivity contribution in [1.82, 2.24) is 0 Å². The van der Waals surface area contributed by atoms with Crippen LogP contribution in [0.4, 0.5) is 0 Å². The fraction of sp³-hybridized carbons (Fsp3) is 0.367. The molecule has 2 atom stereocenters. The second kappa shape index (κ2) is 12.8. The van der Waals surface area contributed by atoms with Gasteiger partial charge in [0, 0.05) is 0 Å². The highest BCUT2D eigenvalue weighted by atomic mass is 16.5. The third-order valence-electron chi connectivity index (χ3n) is 5.94. The minimum atomic E-state index is -0.362. The average Bonchev–Trinajstić information content (AvgIpc) is 2.84. The second-order valence-corrected chi connectivity index (χ2v) is 8.85. The molecule has 0 heterocycles. The quantitative estimate of drug-likeness (QED) is 0.161. The van der Waals surface area contributed by atoms with Crippen molar-refractivity contribution in [3.63, 3.8) is 0 Å². The van der Waals surface area contributed by atoms with E-state index in [1.165, 1.54) is 36.8 Å². The number of benzene rings is 3. The monoisotopic (exact) mass is 444 g/mol. The van der Waals surface area contributed by atoms with Crippen LogP contribution in [0, 0.1) is 0 Å². The number of esters is 1. The zero-order valence-corrected chi connectivity index (χ0v) is 20.1. The Morgan fingerprint density at radius 2 is 1.45 bits per heavy atom. The van der Waals surface area contributed by atoms with Crippen LogP contribution in [0.25, 0.3) is 0 Å². The average molecular weight is 445 g/mol. The summed E-state index contributed by atoms with van der Waals surface area (Å²) in [5.74, 6) is 1.41. The Bertz CT molecular complexity index is 962. The van der Waals surface area contributed by atoms with Gasteiger partial charge in [0.25, 0.3) is 0 Å². The highest BCUT2D eigenvalue weighted by molar-refractivity contribution is 5.91. The van der Waals surface area contributed by atoms with Gasteiger partial charge in [-0.25, -0.2) is 4.79 Å². The summed E-state index contributed by atoms with van der Waals surface area (Å²) in [6.07, 6.45) is 7.11. The molecule has 0 aliphatic heterocycles. The first-order valence-electron chi connectivity index (χ1n) is 12.2. The van der Waals surface area contributed by atoms with Crippen molar-refractivity contribution in [1.29, 1.82) is 0 Å². The van der Waals surface area contributed by atoms with Crippen LogP contribution in [0.3, 0.4) is 0 Å². The molecule has 3 aromatic rings. The van der Waals surface area contributed by atoms with Gasteiger partial charge in [0.05, 0.1) is 11.7 Å². The van der Waals surface area contributed by atoms with Crippen molar-refractivity contribution in [2.75, 3.05) is 0 Å². The Labute approximate surface area is 198 Å². The normalized spacial score (nSPS) is 12.7. The number of hydrogen-bond acceptors (Lipinski definition) is 3. The minimum Gasteiger partial charge on any atom is -0.491 e. The molecule has 33 heavy (non-hydrogen) atoms. The van der Waals surface area contributed by atoms with Gasteiger partial charge < -0.3 is 9.47 Å². The van der Waals surface area contributed by atoms with Crippen LogP contribution in [0.5, 0.6) is 11.5 Å². The van der Waals surface area contributed by atoms with Crippen LogP contribution in [0.2, 0.25) is 0 Å². The van der Waals surface area contributed by atoms with Gasteiger partial charge in [0.15, 0.2) is 0 Å². The molecule has 0 fully saturated rings. The molecule has 3 aromatic carbocycles. The molecular weight excluding hydrogens is 408 g/mol. The first-order chi connectivity index (χ1) is 16.0. The van der Waals surface area contributed by atoms with Gasteiger partial charge >= 0.3 is 5.97 Å². The van der Waals surface area contributed by atoms with Crippen LogP contribution in [0.1, 0.15) is 80.3 Å². The van der Waals surface area contributed by atoms with E-state index in [1.807, 2.05) is 42.5 Å². The van der Waals surface area contributed by atoms with Crippen molar-refractivity contribution >= 4 is 5.97 Å². The lowest BCUT2D eigenvalue weighted by molar-refractivity contribution is 0.0734. The third kappa shape index (κ3) is 8.09. The van der Waals surface area contributed by atoms with Crippen LogP contribution in [-0.4, -0.2) is 12.1 Å². The fourth-order valence-electron chi connectivity index (χ4n) is 3.93. The minimum absolute atomic E-state index is 0.169. The molecule has 3 heteroatoms. The maximum Gasteiger partial charge on any atom is 0.343 e. The van der Waals surface area contributed by atoms with E-state index < -0.39 is 0 Å². The van der Waals surface area contributed by atoms with E-state index in [4.69, 9.17) is 9.47 Å². The Morgan fingerprint density at radius 3 is 2.12 bits per heavy atom. The Kier molecular flexibility index (Phi) is 9.56. The standard InChI is InChI=1S/C30H36O3/c1-4-5-6-8-11-24(3)32-28-20-16-27(17-21-28)30(31)33-29-18-14-25(15-19-29)22-23(2)26-12-9-7-10-13-26/h7,9-10,12-21,23-24H,4-6,8,11,22H2,1-3H3/t23-,24+/m1/s1. The summed E-state index contributed by atoms with van der Waals surface area (Å²) in [6, 6.07) is 25.5. The predicted octanol–water partition coefficient (Wildman–Crippen LogP) is 7.99. The molecule has 0 spiro atoms. The summed E-state index contributed by atoms with van der Waals surface area (Å²) in [5, 5.41) is 0. The highest BCUT2D eigenvalue weighted by Gasteiger charge is 2.11. The van der Waals surface area contributed by atoms with Crippen molar-refractivity contribution < 1.29 is 14.3 Å². The van der Waals surface area contributed by atoms with Gasteiger partial charge in [0.2, 0.25) is 0 Å². The van der Waals surface area contributed by atoms with Gasteiger partial charge in [-0.2, -0.15) is 0 Å². The van der Waals surface area contributed by atoms with Gasteiger partial charge in [-0.15, -0.1) is 0 Å². The molecule has 0 aliphatic rings. The lowest BCUT2D eigenvalue weighted by atomic mass is 9.94. The van der Waals surface area contributed by atoms with Crippen LogP contribution in [0.15, 0.2) is 78.9 Å². The zero-order valence-electron chi connectivity index (χ0n) is 20.1. The first-order valence-corrected chi connectivity index (χ1v) is 12.2. The highest BCUT2D eigenvalue weighted by Crippen LogP contribution is 2.23. The van der Waals surface area contributed by atoms with Crippen molar-refractivity contribution in [3.05, 3.63) is 95.6 Å². The topological polar surface area (TPSA) is 35.5 Å². The van der Waals surface area contributed by atoms with E-state index in [1.54, 1.807) is 12.1 Å². The van der Waals surface area contributed by atoms with Crippen molar-refractivity contribution in [2.45, 2.75) is 71.3 Å². The molecule has 0 amide bonds. The third-order valence-corrected chi connectivity index (χ3v) is 5.94. The molecule has 0 saturated heterocycles. The number of carbonyl (C=O) groups is 1. The van der Waals surface area contributed by atoms with E-state index in [0.29, 0.717) is 17.2 Å². The summed E-state index contributed by atoms with van der Waals surface area (Å²) in [6.45, 7) is 6.54. The predicted molar refractivity (Wildman–Crippen MR) is 135 cm³/mol. The maximum atomic E-state index is 12.5. The number of unbranched alkanes of at least 4 members (excludes halogenated alkanes) is 3. The largest absolute Gasteiger partial charge is 0.491 e. The SMILES string of the molecule is CCCCCC[C@H](C)Oc1ccc(C(=O)Oc2ccc(C[C@@H](C)c3ccccc3)cc2)cc1. The lowest BCUT2D eigenvalue weighted by Crippen LogP contribution is -2.12. The smallest absolute Gasteiger partial charge is 0.343 e. The summed E-state index contributed by atoms with van der Waals surface area (Å²) in [5.41, 5.74) is 3.06. The summed E-state index contributed by atoms with van der Waals surface area (Å²) < 4.78 is 11.5. The summed E-state index contributed by atoms with van der Waals surface area (Å²) >= 11 is 0. The molecule has 174 valence electrons. The molecule has 0 saturated carbocycles. The Morgan fingerprint density at radius 1 is 0.788 bits per heavy atom. The van der Waals surface area contributed by atoms with Crippen molar-refractivity contribution in [3.8, 4) is 11.5 Å². The molecule has 0 aliphatic carbocycles. The molecule has 0 bridgehead atoms. The summed E-state index contributed by atoms with van der Waals surface area (Å²) in [4.78, 5) is 12.5. The van der Waals surface area contributed by atoms with Gasteiger partial charge in [-0.1, -0.05) is 75.6 Å². The van der Waals surface area contributed by atoms with E-state index in [9.17, 15) is 4.79 Å². The number of hydrogen-bond donors (Lipinski definition) is 0. The van der Waals surface area contributed by atoms with E-state index in [0.717, 1.165) is 18.6 Å². The second-order valence-electron chi connectivity index (χ2n) is 8.85. The maximum absolute atomic E-state index is 12.5.